The van der Waals surface area contributed by atoms with Gasteiger partial charge in [0, 0.05) is 6.92 Å². The van der Waals surface area contributed by atoms with Crippen LogP contribution in [0.15, 0.2) is 18.2 Å². The molecule has 2 aliphatic heterocycles. The van der Waals surface area contributed by atoms with Gasteiger partial charge < -0.3 is 14.6 Å². The van der Waals surface area contributed by atoms with Crippen LogP contribution in [-0.2, 0) is 28.7 Å². The molecule has 0 radical (unpaired) electrons. The average Bonchev–Trinajstić information content (AvgIpc) is 3.12. The van der Waals surface area contributed by atoms with E-state index in [4.69, 9.17) is 9.84 Å². The summed E-state index contributed by atoms with van der Waals surface area (Å²) in [6, 6.07) is 3.85. The minimum absolute atomic E-state index is 0.0962. The number of rotatable bonds is 6. The van der Waals surface area contributed by atoms with Crippen molar-refractivity contribution >= 4 is 52.4 Å². The van der Waals surface area contributed by atoms with E-state index in [1.807, 2.05) is 0 Å². The first-order valence-corrected chi connectivity index (χ1v) is 11.8. The second kappa shape index (κ2) is 9.98. The Kier molecular flexibility index (Phi) is 7.31. The van der Waals surface area contributed by atoms with Crippen LogP contribution in [0.1, 0.15) is 24.8 Å². The fraction of sp³-hybridized carbons (Fsp3) is 0.400. The average molecular weight is 486 g/mol. The molecule has 2 atom stereocenters. The molecule has 2 heterocycles. The van der Waals surface area contributed by atoms with Crippen molar-refractivity contribution in [1.29, 1.82) is 0 Å². The lowest BCUT2D eigenvalue weighted by Gasteiger charge is -2.23. The number of hydrogen-bond donors (Lipinski definition) is 1. The molecule has 0 bridgehead atoms. The maximum Gasteiger partial charge on any atom is 0.417 e. The number of nitrogens with zero attached hydrogens (tertiary/aromatic N) is 2. The summed E-state index contributed by atoms with van der Waals surface area (Å²) in [6.45, 7) is -0.397. The number of imide groups is 1. The molecule has 1 unspecified atom stereocenters. The third-order valence-electron chi connectivity index (χ3n) is 5.34. The molecule has 1 N–H and O–H groups in total. The maximum atomic E-state index is 14.8. The number of ketones is 1. The second-order valence-corrected chi connectivity index (χ2v) is 9.48. The molecule has 0 spiro atoms. The van der Waals surface area contributed by atoms with Gasteiger partial charge in [0.25, 0.3) is 0 Å². The number of carbonyl (C=O) groups excluding carboxylic acids is 5. The highest BCUT2D eigenvalue weighted by Crippen LogP contribution is 2.33. The second-order valence-electron chi connectivity index (χ2n) is 7.63. The van der Waals surface area contributed by atoms with E-state index in [9.17, 15) is 33.2 Å². The smallest absolute Gasteiger partial charge is 0.417 e. The fourth-order valence-electron chi connectivity index (χ4n) is 3.74. The van der Waals surface area contributed by atoms with Crippen LogP contribution in [0.5, 0.6) is 0 Å². The van der Waals surface area contributed by atoms with E-state index in [0.29, 0.717) is 17.1 Å². The molecular weight excluding hydrogens is 463 g/mol. The van der Waals surface area contributed by atoms with Gasteiger partial charge in [-0.3, -0.25) is 31.0 Å². The highest BCUT2D eigenvalue weighted by atomic mass is 32.2. The van der Waals surface area contributed by atoms with Crippen molar-refractivity contribution in [3.63, 3.8) is 0 Å². The van der Waals surface area contributed by atoms with Crippen LogP contribution in [0.2, 0.25) is 0 Å². The molecule has 13 heteroatoms. The van der Waals surface area contributed by atoms with Gasteiger partial charge in [-0.2, -0.15) is 0 Å². The number of cyclic esters (lactones) is 1. The van der Waals surface area contributed by atoms with E-state index < -0.39 is 71.2 Å². The zero-order chi connectivity index (χ0) is 24.3. The largest absolute Gasteiger partial charge is 0.479 e. The number of benzene rings is 1. The number of carbonyl (C=O) groups is 6. The molecule has 33 heavy (non-hydrogen) atoms. The van der Waals surface area contributed by atoms with E-state index in [1.165, 1.54) is 12.1 Å². The molecule has 1 aromatic rings. The normalized spacial score (nSPS) is 20.7. The maximum absolute atomic E-state index is 14.8. The highest BCUT2D eigenvalue weighted by Gasteiger charge is 2.37. The quantitative estimate of drug-likeness (QED) is 0.567. The van der Waals surface area contributed by atoms with Crippen molar-refractivity contribution in [3.05, 3.63) is 29.6 Å². The Bertz CT molecular complexity index is 1030. The Labute approximate surface area is 190 Å². The van der Waals surface area contributed by atoms with Gasteiger partial charge in [-0.1, -0.05) is 6.07 Å². The summed E-state index contributed by atoms with van der Waals surface area (Å²) in [6.07, 6.45) is -2.60. The number of carboxylic acids is 1. The molecule has 0 saturated carbocycles. The minimum atomic E-state index is -1.41. The van der Waals surface area contributed by atoms with E-state index in [-0.39, 0.29) is 24.3 Å². The number of halogens is 1. The Morgan fingerprint density at radius 2 is 2.03 bits per heavy atom. The molecule has 2 aliphatic rings. The summed E-state index contributed by atoms with van der Waals surface area (Å²) in [5.74, 6) is -3.66. The third-order valence-corrected chi connectivity index (χ3v) is 6.90. The first-order chi connectivity index (χ1) is 15.6. The van der Waals surface area contributed by atoms with Crippen molar-refractivity contribution in [3.8, 4) is 0 Å². The van der Waals surface area contributed by atoms with Crippen molar-refractivity contribution in [1.82, 2.24) is 4.90 Å². The third kappa shape index (κ3) is 5.48. The Morgan fingerprint density at radius 3 is 2.67 bits per heavy atom. The fourth-order valence-corrected chi connectivity index (χ4v) is 5.17. The topological polar surface area (TPSA) is 148 Å². The molecule has 11 nitrogen and oxygen atoms in total. The molecule has 2 saturated heterocycles. The summed E-state index contributed by atoms with van der Waals surface area (Å²) in [5.41, 5.74) is 0.231. The lowest BCUT2D eigenvalue weighted by Crippen LogP contribution is -2.42. The molecular formula is C20H23FN2O9S. The summed E-state index contributed by atoms with van der Waals surface area (Å²) >= 11 is -1.10. The molecule has 2 fully saturated rings. The van der Waals surface area contributed by atoms with E-state index in [0.717, 1.165) is 17.9 Å². The standard InChI is InChI=1S/C20H23FN2O9S/c1-10(24)22(19(29)31-9-16(25)26)7-12-8-23(20(30)32-12)11-2-3-13(15(21)6-11)14-4-5-33-18(28)17(14)27/h2-3,6,12,14H,4-5,7-9H2,1H3,33H4,(H,25,26)/t12-,14?/m0/s1. The van der Waals surface area contributed by atoms with Crippen LogP contribution in [0.4, 0.5) is 19.7 Å². The molecule has 180 valence electrons. The molecule has 1 aromatic carbocycles. The first-order valence-electron chi connectivity index (χ1n) is 10.1. The minimum Gasteiger partial charge on any atom is -0.479 e. The number of hydrogen-bond acceptors (Lipinski definition) is 8. The van der Waals surface area contributed by atoms with Gasteiger partial charge in [0.05, 0.1) is 24.7 Å². The molecule has 0 aromatic heterocycles. The lowest BCUT2D eigenvalue weighted by atomic mass is 9.91. The van der Waals surface area contributed by atoms with Crippen molar-refractivity contribution in [2.45, 2.75) is 25.4 Å². The van der Waals surface area contributed by atoms with Gasteiger partial charge in [-0.05, 0) is 29.9 Å². The van der Waals surface area contributed by atoms with Crippen LogP contribution in [-0.4, -0.2) is 76.5 Å². The van der Waals surface area contributed by atoms with Gasteiger partial charge >= 0.3 is 18.2 Å². The number of anilines is 1. The van der Waals surface area contributed by atoms with Crippen LogP contribution < -0.4 is 4.90 Å². The first kappa shape index (κ1) is 24.2. The van der Waals surface area contributed by atoms with Crippen LogP contribution in [0.3, 0.4) is 0 Å². The van der Waals surface area contributed by atoms with Gasteiger partial charge in [0.15, 0.2) is 6.61 Å². The van der Waals surface area contributed by atoms with Gasteiger partial charge in [0.2, 0.25) is 16.8 Å². The number of ether oxygens (including phenoxy) is 2. The van der Waals surface area contributed by atoms with E-state index >= 15 is 0 Å². The summed E-state index contributed by atoms with van der Waals surface area (Å²) in [4.78, 5) is 72.1. The number of amides is 3. The van der Waals surface area contributed by atoms with Crippen LogP contribution in [0, 0.1) is 5.82 Å². The zero-order valence-electron chi connectivity index (χ0n) is 17.6. The van der Waals surface area contributed by atoms with E-state index in [1.54, 1.807) is 0 Å². The highest BCUT2D eigenvalue weighted by molar-refractivity contribution is 8.15. The Balaban J connectivity index is 1.70. The summed E-state index contributed by atoms with van der Waals surface area (Å²) in [5, 5.41) is 8.20. The van der Waals surface area contributed by atoms with Gasteiger partial charge in [-0.25, -0.2) is 23.7 Å². The number of aliphatic carboxylic acids is 1. The molecule has 3 rings (SSSR count). The molecule has 3 amide bonds. The van der Waals surface area contributed by atoms with Gasteiger partial charge in [-0.15, -0.1) is 0 Å². The Hall–Kier alpha value is -3.48. The van der Waals surface area contributed by atoms with Crippen LogP contribution in [0.25, 0.3) is 0 Å². The number of Topliss-reactive ketones (excluding diaryl/α,β-unsaturated/α-hetero) is 1. The predicted octanol–water partition coefficient (Wildman–Crippen LogP) is 0.466. The van der Waals surface area contributed by atoms with Crippen molar-refractivity contribution in [2.24, 2.45) is 0 Å². The molecule has 0 aliphatic carbocycles. The monoisotopic (exact) mass is 486 g/mol. The number of carboxylic acid groups (broad SMARTS) is 1. The summed E-state index contributed by atoms with van der Waals surface area (Å²) in [7, 11) is 0. The predicted molar refractivity (Wildman–Crippen MR) is 116 cm³/mol. The lowest BCUT2D eigenvalue weighted by molar-refractivity contribution is -0.141. The SMILES string of the molecule is CC(=O)N(C[C@H]1CN(c2ccc(C3CC[SH4]C(=O)C3=O)c(F)c2)C(=O)O1)C(=O)OCC(=O)O. The summed E-state index contributed by atoms with van der Waals surface area (Å²) < 4.78 is 24.4. The van der Waals surface area contributed by atoms with Crippen molar-refractivity contribution in [2.75, 3.05) is 30.3 Å². The van der Waals surface area contributed by atoms with Crippen molar-refractivity contribution < 1.29 is 47.7 Å². The zero-order valence-corrected chi connectivity index (χ0v) is 19.0. The van der Waals surface area contributed by atoms with E-state index in [2.05, 4.69) is 4.74 Å². The Morgan fingerprint density at radius 1 is 1.30 bits per heavy atom. The van der Waals surface area contributed by atoms with Crippen LogP contribution >= 0.6 is 11.8 Å². The van der Waals surface area contributed by atoms with Gasteiger partial charge in [0.1, 0.15) is 11.9 Å².